The van der Waals surface area contributed by atoms with Gasteiger partial charge in [-0.1, -0.05) is 254 Å². The molecule has 16 nitrogen and oxygen atoms in total. The highest BCUT2D eigenvalue weighted by Crippen LogP contribution is 2.45. The van der Waals surface area contributed by atoms with Gasteiger partial charge in [0.2, 0.25) is 0 Å². The largest absolute Gasteiger partial charge is 0.472 e. The molecular formula is C71H128O16P2. The van der Waals surface area contributed by atoms with Gasteiger partial charge in [0.25, 0.3) is 0 Å². The average molecular weight is 1300 g/mol. The molecule has 89 heavy (non-hydrogen) atoms. The molecule has 0 saturated carbocycles. The van der Waals surface area contributed by atoms with Crippen LogP contribution in [0.3, 0.4) is 0 Å². The summed E-state index contributed by atoms with van der Waals surface area (Å²) in [6, 6.07) is 0. The van der Waals surface area contributed by atoms with Crippen LogP contribution in [0.15, 0.2) is 72.9 Å². The van der Waals surface area contributed by atoms with E-state index in [1.54, 1.807) is 0 Å². The zero-order valence-corrected chi connectivity index (χ0v) is 57.9. The van der Waals surface area contributed by atoms with Gasteiger partial charge in [0.15, 0.2) is 6.10 Å². The van der Waals surface area contributed by atoms with Gasteiger partial charge >= 0.3 is 33.6 Å². The van der Waals surface area contributed by atoms with E-state index in [0.717, 1.165) is 116 Å². The minimum absolute atomic E-state index is 0.0949. The number of esters is 3. The Kier molecular flexibility index (Phi) is 62.9. The lowest BCUT2D eigenvalue weighted by atomic mass is 10.0. The number of aliphatic hydroxyl groups is 2. The van der Waals surface area contributed by atoms with Gasteiger partial charge < -0.3 is 34.2 Å². The van der Waals surface area contributed by atoms with Crippen LogP contribution in [-0.2, 0) is 55.8 Å². The number of ether oxygens (including phenoxy) is 3. The number of carbonyl (C=O) groups is 3. The Morgan fingerprint density at radius 3 is 0.933 bits per heavy atom. The predicted octanol–water partition coefficient (Wildman–Crippen LogP) is 19.5. The molecule has 0 radical (unpaired) electrons. The Morgan fingerprint density at radius 2 is 0.573 bits per heavy atom. The third kappa shape index (κ3) is 66.3. The number of unbranched alkanes of at least 4 members (excludes halogenated alkanes) is 32. The average Bonchev–Trinajstić information content (AvgIpc) is 3.67. The molecule has 0 bridgehead atoms. The predicted molar refractivity (Wildman–Crippen MR) is 362 cm³/mol. The van der Waals surface area contributed by atoms with Crippen molar-refractivity contribution in [3.05, 3.63) is 72.9 Å². The summed E-state index contributed by atoms with van der Waals surface area (Å²) in [6.07, 6.45) is 68.6. The Balaban J connectivity index is 4.30. The van der Waals surface area contributed by atoms with Crippen molar-refractivity contribution in [2.75, 3.05) is 39.6 Å². The van der Waals surface area contributed by atoms with Gasteiger partial charge in [-0.15, -0.1) is 0 Å². The molecule has 0 rings (SSSR count). The number of phosphoric acid groups is 2. The molecule has 5 atom stereocenters. The summed E-state index contributed by atoms with van der Waals surface area (Å²) in [5.41, 5.74) is 0. The van der Waals surface area contributed by atoms with Crippen molar-refractivity contribution in [1.82, 2.24) is 0 Å². The normalized spacial score (nSPS) is 14.6. The maximum absolute atomic E-state index is 12.8. The second-order valence-corrected chi connectivity index (χ2v) is 26.6. The van der Waals surface area contributed by atoms with E-state index in [-0.39, 0.29) is 19.3 Å². The van der Waals surface area contributed by atoms with Crippen LogP contribution in [0.5, 0.6) is 0 Å². The third-order valence-corrected chi connectivity index (χ3v) is 16.8. The lowest BCUT2D eigenvalue weighted by molar-refractivity contribution is -0.161. The maximum atomic E-state index is 12.8. The fourth-order valence-corrected chi connectivity index (χ4v) is 11.0. The number of rotatable bonds is 67. The molecule has 0 amide bonds. The van der Waals surface area contributed by atoms with Gasteiger partial charge in [-0.25, -0.2) is 9.13 Å². The molecule has 0 spiro atoms. The number of allylic oxidation sites excluding steroid dienone is 12. The molecule has 0 aromatic carbocycles. The van der Waals surface area contributed by atoms with Crippen molar-refractivity contribution in [3.63, 3.8) is 0 Å². The maximum Gasteiger partial charge on any atom is 0.472 e. The van der Waals surface area contributed by atoms with Crippen molar-refractivity contribution in [2.24, 2.45) is 0 Å². The molecule has 4 N–H and O–H groups in total. The lowest BCUT2D eigenvalue weighted by Gasteiger charge is -2.21. The number of hydrogen-bond acceptors (Lipinski definition) is 14. The summed E-state index contributed by atoms with van der Waals surface area (Å²) in [4.78, 5) is 58.1. The van der Waals surface area contributed by atoms with Crippen molar-refractivity contribution >= 4 is 33.6 Å². The van der Waals surface area contributed by atoms with Crippen LogP contribution < -0.4 is 0 Å². The second kappa shape index (κ2) is 65.1. The first-order valence-corrected chi connectivity index (χ1v) is 38.2. The summed E-state index contributed by atoms with van der Waals surface area (Å²) in [7, 11) is -9.76. The first kappa shape index (κ1) is 86.0. The number of phosphoric ester groups is 2. The zero-order chi connectivity index (χ0) is 65.3. The number of aliphatic hydroxyl groups excluding tert-OH is 2. The van der Waals surface area contributed by atoms with Crippen LogP contribution in [-0.4, -0.2) is 95.9 Å². The van der Waals surface area contributed by atoms with Gasteiger partial charge in [0.1, 0.15) is 25.4 Å². The Labute approximate surface area is 541 Å². The fourth-order valence-electron chi connectivity index (χ4n) is 9.40. The van der Waals surface area contributed by atoms with Crippen LogP contribution in [0.25, 0.3) is 0 Å². The molecule has 0 fully saturated rings. The van der Waals surface area contributed by atoms with E-state index in [0.29, 0.717) is 19.3 Å². The van der Waals surface area contributed by atoms with Crippen molar-refractivity contribution in [1.29, 1.82) is 0 Å². The van der Waals surface area contributed by atoms with Crippen molar-refractivity contribution in [2.45, 2.75) is 322 Å². The van der Waals surface area contributed by atoms with Crippen molar-refractivity contribution in [3.8, 4) is 0 Å². The first-order chi connectivity index (χ1) is 43.2. The van der Waals surface area contributed by atoms with E-state index in [1.807, 2.05) is 0 Å². The summed E-state index contributed by atoms with van der Waals surface area (Å²) in [5, 5.41) is 20.5. The highest BCUT2D eigenvalue weighted by Gasteiger charge is 2.29. The molecular weight excluding hydrogens is 1170 g/mol. The van der Waals surface area contributed by atoms with E-state index < -0.39 is 91.5 Å². The third-order valence-electron chi connectivity index (χ3n) is 14.9. The molecule has 0 aromatic heterocycles. The molecule has 518 valence electrons. The molecule has 0 aliphatic rings. The van der Waals surface area contributed by atoms with Gasteiger partial charge in [-0.2, -0.15) is 0 Å². The Bertz CT molecular complexity index is 1920. The van der Waals surface area contributed by atoms with Gasteiger partial charge in [-0.05, 0) is 103 Å². The van der Waals surface area contributed by atoms with E-state index in [4.69, 9.17) is 32.3 Å². The van der Waals surface area contributed by atoms with Crippen LogP contribution in [0.2, 0.25) is 0 Å². The van der Waals surface area contributed by atoms with Crippen LogP contribution >= 0.6 is 15.6 Å². The number of carbonyl (C=O) groups excluding carboxylic acids is 3. The Hall–Kier alpha value is -3.01. The molecule has 0 aromatic rings. The molecule has 18 heteroatoms. The summed E-state index contributed by atoms with van der Waals surface area (Å²) >= 11 is 0. The standard InChI is InChI=1S/C71H128O16P2/c1-4-7-10-13-16-19-22-23-24-25-26-27-28-29-30-31-32-33-34-35-36-37-38-39-40-41-44-46-48-51-54-57-69(74)81-60-66(72)61-83-88(77,78)84-62-67(73)63-85-89(79,80)86-65-68(87-71(76)59-56-53-50-47-43-21-18-15-12-9-6-3)64-82-70(75)58-55-52-49-45-42-20-17-14-11-8-5-2/h14-19,23-24,26-27,29-30,66-68,72-73H,4-13,20-22,25,28,31-65H2,1-3H3,(H,77,78)(H,79,80)/b17-14-,18-15-,19-16-,24-23-,27-26-,30-29-. The molecule has 5 unspecified atom stereocenters. The van der Waals surface area contributed by atoms with E-state index >= 15 is 0 Å². The van der Waals surface area contributed by atoms with Crippen LogP contribution in [0, 0.1) is 0 Å². The minimum atomic E-state index is -4.91. The van der Waals surface area contributed by atoms with Crippen LogP contribution in [0.4, 0.5) is 0 Å². The molecule has 0 saturated heterocycles. The van der Waals surface area contributed by atoms with E-state index in [9.17, 15) is 43.5 Å². The van der Waals surface area contributed by atoms with E-state index in [2.05, 4.69) is 93.7 Å². The highest BCUT2D eigenvalue weighted by atomic mass is 31.2. The summed E-state index contributed by atoms with van der Waals surface area (Å²) in [5.74, 6) is -1.59. The summed E-state index contributed by atoms with van der Waals surface area (Å²) in [6.45, 7) is 2.55. The molecule has 0 aliphatic carbocycles. The van der Waals surface area contributed by atoms with Crippen molar-refractivity contribution < 1.29 is 75.8 Å². The molecule has 0 heterocycles. The number of hydrogen-bond donors (Lipinski definition) is 4. The van der Waals surface area contributed by atoms with Crippen LogP contribution in [0.1, 0.15) is 303 Å². The summed E-state index contributed by atoms with van der Waals surface area (Å²) < 4.78 is 60.7. The topological polar surface area (TPSA) is 231 Å². The highest BCUT2D eigenvalue weighted by molar-refractivity contribution is 7.47. The monoisotopic (exact) mass is 1300 g/mol. The Morgan fingerprint density at radius 1 is 0.315 bits per heavy atom. The SMILES string of the molecule is CCCC/C=C\CCCCCCCC(=O)OCC(COP(=O)(O)OCC(O)COP(=O)(O)OCC(O)COC(=O)CCCCCCCCCCCCCCCCC/C=C\C/C=C\C/C=C\C/C=C\CCCCC)OC(=O)CCCCCCC/C=C\CCCC. The zero-order valence-electron chi connectivity index (χ0n) is 56.1. The van der Waals surface area contributed by atoms with Gasteiger partial charge in [-0.3, -0.25) is 32.5 Å². The van der Waals surface area contributed by atoms with Gasteiger partial charge in [0, 0.05) is 19.3 Å². The second-order valence-electron chi connectivity index (χ2n) is 23.7. The van der Waals surface area contributed by atoms with Gasteiger partial charge in [0.05, 0.1) is 26.4 Å². The quantitative estimate of drug-likeness (QED) is 0.0146. The first-order valence-electron chi connectivity index (χ1n) is 35.2. The molecule has 0 aliphatic heterocycles. The minimum Gasteiger partial charge on any atom is -0.463 e. The lowest BCUT2D eigenvalue weighted by Crippen LogP contribution is -2.30. The fraction of sp³-hybridized carbons (Fsp3) is 0.789. The smallest absolute Gasteiger partial charge is 0.463 e. The van der Waals surface area contributed by atoms with E-state index in [1.165, 1.54) is 128 Å².